The highest BCUT2D eigenvalue weighted by atomic mass is 16.5. The number of esters is 2. The maximum atomic E-state index is 11.8. The van der Waals surface area contributed by atoms with Crippen molar-refractivity contribution in [1.82, 2.24) is 0 Å². The third-order valence-corrected chi connectivity index (χ3v) is 4.82. The summed E-state index contributed by atoms with van der Waals surface area (Å²) >= 11 is 0. The molecule has 1 unspecified atom stereocenters. The molecule has 160 valence electrons. The molecule has 0 spiro atoms. The smallest absolute Gasteiger partial charge is 0.306 e. The molecule has 1 atom stereocenters. The molecule has 0 aromatic heterocycles. The minimum Gasteiger partial charge on any atom is -0.466 e. The predicted molar refractivity (Wildman–Crippen MR) is 112 cm³/mol. The summed E-state index contributed by atoms with van der Waals surface area (Å²) in [5.41, 5.74) is 0. The fraction of sp³-hybridized carbons (Fsp3) is 0.913. The summed E-state index contributed by atoms with van der Waals surface area (Å²) in [6, 6.07) is 0. The molecule has 27 heavy (non-hydrogen) atoms. The van der Waals surface area contributed by atoms with E-state index in [0.717, 1.165) is 70.6 Å². The van der Waals surface area contributed by atoms with E-state index in [9.17, 15) is 9.59 Å². The standard InChI is InChI=1S/C23H44O4/c1-4-6-8-13-17-21(3)27-23(25)19-15-12-10-9-11-14-18-22(24)26-20-16-7-5-2/h21H,4-20H2,1-3H3. The molecule has 0 heterocycles. The molecular weight excluding hydrogens is 340 g/mol. The zero-order chi connectivity index (χ0) is 20.2. The number of rotatable bonds is 19. The molecule has 0 bridgehead atoms. The van der Waals surface area contributed by atoms with Gasteiger partial charge in [0.25, 0.3) is 0 Å². The van der Waals surface area contributed by atoms with Crippen LogP contribution in [0.15, 0.2) is 0 Å². The van der Waals surface area contributed by atoms with Gasteiger partial charge in [-0.2, -0.15) is 0 Å². The first-order chi connectivity index (χ1) is 13.1. The van der Waals surface area contributed by atoms with Crippen molar-refractivity contribution in [2.24, 2.45) is 0 Å². The molecule has 0 aromatic rings. The van der Waals surface area contributed by atoms with Crippen LogP contribution in [-0.2, 0) is 19.1 Å². The van der Waals surface area contributed by atoms with Gasteiger partial charge in [-0.05, 0) is 39.0 Å². The van der Waals surface area contributed by atoms with Crippen LogP contribution in [0.4, 0.5) is 0 Å². The average molecular weight is 385 g/mol. The number of ether oxygens (including phenoxy) is 2. The first-order valence-corrected chi connectivity index (χ1v) is 11.4. The van der Waals surface area contributed by atoms with Crippen LogP contribution >= 0.6 is 0 Å². The van der Waals surface area contributed by atoms with Gasteiger partial charge in [-0.25, -0.2) is 0 Å². The Hall–Kier alpha value is -1.06. The van der Waals surface area contributed by atoms with Gasteiger partial charge in [-0.3, -0.25) is 9.59 Å². The van der Waals surface area contributed by atoms with Gasteiger partial charge in [0, 0.05) is 12.8 Å². The van der Waals surface area contributed by atoms with E-state index in [0.29, 0.717) is 19.4 Å². The molecule has 0 aliphatic heterocycles. The minimum absolute atomic E-state index is 0.0519. The highest BCUT2D eigenvalue weighted by Gasteiger charge is 2.09. The summed E-state index contributed by atoms with van der Waals surface area (Å²) < 4.78 is 10.7. The largest absolute Gasteiger partial charge is 0.466 e. The van der Waals surface area contributed by atoms with Gasteiger partial charge in [0.2, 0.25) is 0 Å². The molecule has 0 saturated carbocycles. The van der Waals surface area contributed by atoms with E-state index in [2.05, 4.69) is 13.8 Å². The number of carbonyl (C=O) groups excluding carboxylic acids is 2. The summed E-state index contributed by atoms with van der Waals surface area (Å²) in [7, 11) is 0. The number of unbranched alkanes of at least 4 members (excludes halogenated alkanes) is 10. The first kappa shape index (κ1) is 25.9. The van der Waals surface area contributed by atoms with Crippen molar-refractivity contribution in [1.29, 1.82) is 0 Å². The number of carbonyl (C=O) groups is 2. The summed E-state index contributed by atoms with van der Waals surface area (Å²) in [6.45, 7) is 6.91. The van der Waals surface area contributed by atoms with Crippen molar-refractivity contribution in [3.8, 4) is 0 Å². The van der Waals surface area contributed by atoms with Crippen molar-refractivity contribution in [3.05, 3.63) is 0 Å². The lowest BCUT2D eigenvalue weighted by Gasteiger charge is -2.13. The molecular formula is C23H44O4. The average Bonchev–Trinajstić information content (AvgIpc) is 2.64. The minimum atomic E-state index is -0.0577. The van der Waals surface area contributed by atoms with Gasteiger partial charge in [0.1, 0.15) is 0 Å². The van der Waals surface area contributed by atoms with Gasteiger partial charge in [0.05, 0.1) is 12.7 Å². The van der Waals surface area contributed by atoms with Crippen molar-refractivity contribution in [2.45, 2.75) is 130 Å². The maximum Gasteiger partial charge on any atom is 0.306 e. The van der Waals surface area contributed by atoms with E-state index >= 15 is 0 Å². The lowest BCUT2D eigenvalue weighted by Crippen LogP contribution is -2.14. The summed E-state index contributed by atoms with van der Waals surface area (Å²) in [6.07, 6.45) is 16.4. The molecule has 0 rings (SSSR count). The quantitative estimate of drug-likeness (QED) is 0.183. The van der Waals surface area contributed by atoms with Gasteiger partial charge in [0.15, 0.2) is 0 Å². The van der Waals surface area contributed by atoms with Crippen LogP contribution in [0, 0.1) is 0 Å². The van der Waals surface area contributed by atoms with E-state index in [1.54, 1.807) is 0 Å². The fourth-order valence-corrected chi connectivity index (χ4v) is 3.06. The van der Waals surface area contributed by atoms with Gasteiger partial charge >= 0.3 is 11.9 Å². The van der Waals surface area contributed by atoms with E-state index in [1.165, 1.54) is 19.3 Å². The Bertz CT molecular complexity index is 354. The molecule has 0 aliphatic carbocycles. The van der Waals surface area contributed by atoms with Crippen LogP contribution in [-0.4, -0.2) is 24.6 Å². The lowest BCUT2D eigenvalue weighted by molar-refractivity contribution is -0.148. The van der Waals surface area contributed by atoms with Crippen molar-refractivity contribution >= 4 is 11.9 Å². The Morgan fingerprint density at radius 2 is 1.19 bits per heavy atom. The van der Waals surface area contributed by atoms with Crippen molar-refractivity contribution < 1.29 is 19.1 Å². The summed E-state index contributed by atoms with van der Waals surface area (Å²) in [5, 5.41) is 0. The van der Waals surface area contributed by atoms with Crippen LogP contribution < -0.4 is 0 Å². The topological polar surface area (TPSA) is 52.6 Å². The highest BCUT2D eigenvalue weighted by molar-refractivity contribution is 5.69. The molecule has 0 aromatic carbocycles. The van der Waals surface area contributed by atoms with Crippen LogP contribution in [0.25, 0.3) is 0 Å². The molecule has 4 nitrogen and oxygen atoms in total. The van der Waals surface area contributed by atoms with E-state index < -0.39 is 0 Å². The van der Waals surface area contributed by atoms with Gasteiger partial charge < -0.3 is 9.47 Å². The predicted octanol–water partition coefficient (Wildman–Crippen LogP) is 6.74. The Morgan fingerprint density at radius 3 is 1.81 bits per heavy atom. The van der Waals surface area contributed by atoms with Gasteiger partial charge in [-0.15, -0.1) is 0 Å². The normalized spacial score (nSPS) is 12.0. The Kier molecular flexibility index (Phi) is 18.9. The Morgan fingerprint density at radius 1 is 0.667 bits per heavy atom. The first-order valence-electron chi connectivity index (χ1n) is 11.4. The maximum absolute atomic E-state index is 11.8. The molecule has 0 amide bonds. The molecule has 4 heteroatoms. The molecule has 0 saturated heterocycles. The lowest BCUT2D eigenvalue weighted by atomic mass is 10.1. The third-order valence-electron chi connectivity index (χ3n) is 4.82. The summed E-state index contributed by atoms with van der Waals surface area (Å²) in [4.78, 5) is 23.3. The molecule has 0 radical (unpaired) electrons. The highest BCUT2D eigenvalue weighted by Crippen LogP contribution is 2.12. The summed E-state index contributed by atoms with van der Waals surface area (Å²) in [5.74, 6) is -0.110. The van der Waals surface area contributed by atoms with E-state index in [-0.39, 0.29) is 18.0 Å². The SMILES string of the molecule is CCCCCCC(C)OC(=O)CCCCCCCCC(=O)OCCCCC. The Balaban J connectivity index is 3.38. The van der Waals surface area contributed by atoms with Crippen LogP contribution in [0.1, 0.15) is 124 Å². The van der Waals surface area contributed by atoms with Crippen LogP contribution in [0.3, 0.4) is 0 Å². The van der Waals surface area contributed by atoms with Crippen LogP contribution in [0.5, 0.6) is 0 Å². The van der Waals surface area contributed by atoms with E-state index in [4.69, 9.17) is 9.47 Å². The van der Waals surface area contributed by atoms with Gasteiger partial charge in [-0.1, -0.05) is 71.6 Å². The van der Waals surface area contributed by atoms with Crippen molar-refractivity contribution in [2.75, 3.05) is 6.61 Å². The monoisotopic (exact) mass is 384 g/mol. The Labute approximate surface area is 167 Å². The zero-order valence-corrected chi connectivity index (χ0v) is 18.2. The zero-order valence-electron chi connectivity index (χ0n) is 18.2. The van der Waals surface area contributed by atoms with Crippen molar-refractivity contribution in [3.63, 3.8) is 0 Å². The second-order valence-electron chi connectivity index (χ2n) is 7.70. The molecule has 0 fully saturated rings. The number of hydrogen-bond donors (Lipinski definition) is 0. The second-order valence-corrected chi connectivity index (χ2v) is 7.70. The molecule has 0 N–H and O–H groups in total. The third kappa shape index (κ3) is 19.5. The molecule has 0 aliphatic rings. The van der Waals surface area contributed by atoms with Crippen LogP contribution in [0.2, 0.25) is 0 Å². The number of hydrogen-bond acceptors (Lipinski definition) is 4. The van der Waals surface area contributed by atoms with E-state index in [1.807, 2.05) is 6.92 Å². The fourth-order valence-electron chi connectivity index (χ4n) is 3.06. The second kappa shape index (κ2) is 19.7.